The summed E-state index contributed by atoms with van der Waals surface area (Å²) in [6.07, 6.45) is 3.17. The smallest absolute Gasteiger partial charge is 0.187 e. The Labute approximate surface area is 136 Å². The lowest BCUT2D eigenvalue weighted by molar-refractivity contribution is 0.104. The lowest BCUT2D eigenvalue weighted by atomic mass is 10.1. The minimum Gasteiger partial charge on any atom is -0.493 e. The van der Waals surface area contributed by atoms with Crippen molar-refractivity contribution in [1.29, 1.82) is 0 Å². The van der Waals surface area contributed by atoms with Gasteiger partial charge in [0.2, 0.25) is 0 Å². The fourth-order valence-corrected chi connectivity index (χ4v) is 2.10. The van der Waals surface area contributed by atoms with Crippen molar-refractivity contribution in [3.05, 3.63) is 71.4 Å². The molecule has 120 valence electrons. The van der Waals surface area contributed by atoms with Crippen molar-refractivity contribution < 1.29 is 14.3 Å². The van der Waals surface area contributed by atoms with Gasteiger partial charge >= 0.3 is 0 Å². The highest BCUT2D eigenvalue weighted by molar-refractivity contribution is 6.04. The molecule has 0 saturated heterocycles. The minimum atomic E-state index is -0.0950. The standard InChI is InChI=1S/C19H21NO3/c1-14-4-6-15(7-5-14)13-20-11-10-17(21)16-8-9-18(22-2)19(12-16)23-3/h4-12,20H,13H2,1-3H3. The van der Waals surface area contributed by atoms with Crippen LogP contribution in [0.4, 0.5) is 0 Å². The van der Waals surface area contributed by atoms with Crippen molar-refractivity contribution in [1.82, 2.24) is 5.32 Å². The molecule has 0 atom stereocenters. The predicted octanol–water partition coefficient (Wildman–Crippen LogP) is 3.50. The number of aryl methyl sites for hydroxylation is 1. The number of carbonyl (C=O) groups excluding carboxylic acids is 1. The van der Waals surface area contributed by atoms with E-state index in [9.17, 15) is 4.79 Å². The van der Waals surface area contributed by atoms with E-state index in [1.165, 1.54) is 17.2 Å². The summed E-state index contributed by atoms with van der Waals surface area (Å²) in [5, 5.41) is 3.12. The summed E-state index contributed by atoms with van der Waals surface area (Å²) in [6.45, 7) is 2.73. The summed E-state index contributed by atoms with van der Waals surface area (Å²) in [4.78, 5) is 12.1. The van der Waals surface area contributed by atoms with Crippen LogP contribution in [0.25, 0.3) is 0 Å². The van der Waals surface area contributed by atoms with Crippen molar-refractivity contribution in [2.24, 2.45) is 0 Å². The first kappa shape index (κ1) is 16.6. The van der Waals surface area contributed by atoms with Crippen molar-refractivity contribution in [2.45, 2.75) is 13.5 Å². The molecule has 4 nitrogen and oxygen atoms in total. The second kappa shape index (κ2) is 8.03. The molecule has 0 aromatic heterocycles. The summed E-state index contributed by atoms with van der Waals surface area (Å²) in [5.41, 5.74) is 2.95. The lowest BCUT2D eigenvalue weighted by Crippen LogP contribution is -2.06. The van der Waals surface area contributed by atoms with Crippen LogP contribution in [0.15, 0.2) is 54.7 Å². The zero-order chi connectivity index (χ0) is 16.7. The number of rotatable bonds is 7. The van der Waals surface area contributed by atoms with Crippen LogP contribution in [-0.4, -0.2) is 20.0 Å². The van der Waals surface area contributed by atoms with Gasteiger partial charge in [0, 0.05) is 24.4 Å². The van der Waals surface area contributed by atoms with Gasteiger partial charge in [0.05, 0.1) is 14.2 Å². The van der Waals surface area contributed by atoms with Gasteiger partial charge in [0.25, 0.3) is 0 Å². The van der Waals surface area contributed by atoms with E-state index in [2.05, 4.69) is 36.5 Å². The highest BCUT2D eigenvalue weighted by Crippen LogP contribution is 2.27. The first-order valence-corrected chi connectivity index (χ1v) is 7.36. The molecule has 0 amide bonds. The average molecular weight is 311 g/mol. The number of allylic oxidation sites excluding steroid dienone is 1. The summed E-state index contributed by atoms with van der Waals surface area (Å²) in [6, 6.07) is 13.4. The molecule has 0 fully saturated rings. The quantitative estimate of drug-likeness (QED) is 0.628. The molecule has 0 spiro atoms. The predicted molar refractivity (Wildman–Crippen MR) is 91.0 cm³/mol. The van der Waals surface area contributed by atoms with Crippen LogP contribution in [0.1, 0.15) is 21.5 Å². The third kappa shape index (κ3) is 4.61. The molecule has 0 aliphatic carbocycles. The van der Waals surface area contributed by atoms with Crippen LogP contribution in [0.3, 0.4) is 0 Å². The van der Waals surface area contributed by atoms with Gasteiger partial charge < -0.3 is 14.8 Å². The number of hydrogen-bond donors (Lipinski definition) is 1. The van der Waals surface area contributed by atoms with Gasteiger partial charge in [-0.05, 0) is 30.7 Å². The molecule has 2 rings (SSSR count). The van der Waals surface area contributed by atoms with Gasteiger partial charge in [-0.1, -0.05) is 29.8 Å². The van der Waals surface area contributed by atoms with Gasteiger partial charge in [-0.3, -0.25) is 4.79 Å². The second-order valence-electron chi connectivity index (χ2n) is 5.13. The van der Waals surface area contributed by atoms with E-state index in [4.69, 9.17) is 9.47 Å². The third-order valence-electron chi connectivity index (χ3n) is 3.45. The van der Waals surface area contributed by atoms with E-state index in [1.54, 1.807) is 38.6 Å². The minimum absolute atomic E-state index is 0.0950. The fraction of sp³-hybridized carbons (Fsp3) is 0.211. The van der Waals surface area contributed by atoms with Crippen LogP contribution >= 0.6 is 0 Å². The monoisotopic (exact) mass is 311 g/mol. The largest absolute Gasteiger partial charge is 0.493 e. The Morgan fingerprint density at radius 3 is 2.39 bits per heavy atom. The molecule has 0 aliphatic heterocycles. The molecule has 0 heterocycles. The lowest BCUT2D eigenvalue weighted by Gasteiger charge is -2.08. The highest BCUT2D eigenvalue weighted by atomic mass is 16.5. The summed E-state index contributed by atoms with van der Waals surface area (Å²) in [7, 11) is 3.11. The molecule has 0 saturated carbocycles. The molecular formula is C19H21NO3. The van der Waals surface area contributed by atoms with Crippen molar-refractivity contribution in [2.75, 3.05) is 14.2 Å². The van der Waals surface area contributed by atoms with Crippen molar-refractivity contribution in [3.8, 4) is 11.5 Å². The second-order valence-corrected chi connectivity index (χ2v) is 5.13. The summed E-state index contributed by atoms with van der Waals surface area (Å²) < 4.78 is 10.4. The summed E-state index contributed by atoms with van der Waals surface area (Å²) >= 11 is 0. The maximum absolute atomic E-state index is 12.1. The van der Waals surface area contributed by atoms with Crippen LogP contribution in [-0.2, 0) is 6.54 Å². The van der Waals surface area contributed by atoms with Crippen molar-refractivity contribution in [3.63, 3.8) is 0 Å². The Bertz CT molecular complexity index is 690. The average Bonchev–Trinajstić information content (AvgIpc) is 2.59. The molecule has 2 aromatic carbocycles. The third-order valence-corrected chi connectivity index (χ3v) is 3.45. The van der Waals surface area contributed by atoms with Gasteiger partial charge in [-0.2, -0.15) is 0 Å². The molecule has 0 aliphatic rings. The number of hydrogen-bond acceptors (Lipinski definition) is 4. The van der Waals surface area contributed by atoms with E-state index >= 15 is 0 Å². The number of benzene rings is 2. The molecule has 0 unspecified atom stereocenters. The molecule has 2 aromatic rings. The molecule has 0 radical (unpaired) electrons. The number of methoxy groups -OCH3 is 2. The van der Waals surface area contributed by atoms with Crippen LogP contribution < -0.4 is 14.8 Å². The van der Waals surface area contributed by atoms with Crippen molar-refractivity contribution >= 4 is 5.78 Å². The van der Waals surface area contributed by atoms with Crippen LogP contribution in [0.5, 0.6) is 11.5 Å². The fourth-order valence-electron chi connectivity index (χ4n) is 2.10. The van der Waals surface area contributed by atoms with Crippen LogP contribution in [0, 0.1) is 6.92 Å². The maximum Gasteiger partial charge on any atom is 0.187 e. The normalized spacial score (nSPS) is 10.6. The maximum atomic E-state index is 12.1. The Hall–Kier alpha value is -2.75. The topological polar surface area (TPSA) is 47.6 Å². The first-order chi connectivity index (χ1) is 11.1. The number of nitrogens with one attached hydrogen (secondary N) is 1. The Morgan fingerprint density at radius 2 is 1.74 bits per heavy atom. The van der Waals surface area contributed by atoms with E-state index in [0.29, 0.717) is 23.6 Å². The number of ether oxygens (including phenoxy) is 2. The zero-order valence-electron chi connectivity index (χ0n) is 13.6. The van der Waals surface area contributed by atoms with Gasteiger partial charge in [-0.15, -0.1) is 0 Å². The Morgan fingerprint density at radius 1 is 1.04 bits per heavy atom. The van der Waals surface area contributed by atoms with Gasteiger partial charge in [0.1, 0.15) is 0 Å². The van der Waals surface area contributed by atoms with E-state index in [0.717, 1.165) is 0 Å². The molecule has 0 bridgehead atoms. The van der Waals surface area contributed by atoms with E-state index in [-0.39, 0.29) is 5.78 Å². The zero-order valence-corrected chi connectivity index (χ0v) is 13.6. The SMILES string of the molecule is COc1ccc(C(=O)C=CNCc2ccc(C)cc2)cc1OC. The highest BCUT2D eigenvalue weighted by Gasteiger charge is 2.08. The molecular weight excluding hydrogens is 290 g/mol. The van der Waals surface area contributed by atoms with E-state index in [1.807, 2.05) is 0 Å². The Kier molecular flexibility index (Phi) is 5.80. The van der Waals surface area contributed by atoms with Gasteiger partial charge in [-0.25, -0.2) is 0 Å². The van der Waals surface area contributed by atoms with Gasteiger partial charge in [0.15, 0.2) is 17.3 Å². The molecule has 4 heteroatoms. The first-order valence-electron chi connectivity index (χ1n) is 7.36. The van der Waals surface area contributed by atoms with Crippen LogP contribution in [0.2, 0.25) is 0 Å². The molecule has 23 heavy (non-hydrogen) atoms. The number of carbonyl (C=O) groups is 1. The molecule has 1 N–H and O–H groups in total. The Balaban J connectivity index is 1.94. The number of ketones is 1. The summed E-state index contributed by atoms with van der Waals surface area (Å²) in [5.74, 6) is 1.05. The van der Waals surface area contributed by atoms with E-state index < -0.39 is 0 Å².